The molecule has 0 saturated carbocycles. The van der Waals surface area contributed by atoms with E-state index in [0.717, 1.165) is 38.6 Å². The van der Waals surface area contributed by atoms with E-state index in [9.17, 15) is 0 Å². The van der Waals surface area contributed by atoms with Crippen molar-refractivity contribution in [2.24, 2.45) is 11.7 Å². The molecule has 0 aliphatic rings. The van der Waals surface area contributed by atoms with Crippen LogP contribution in [0.1, 0.15) is 19.8 Å². The van der Waals surface area contributed by atoms with Crippen LogP contribution < -0.4 is 11.1 Å². The molecule has 3 heteroatoms. The molecule has 3 N–H and O–H groups in total. The highest BCUT2D eigenvalue weighted by molar-refractivity contribution is 4.57. The number of hydrogen-bond acceptors (Lipinski definition) is 3. The molecule has 1 atom stereocenters. The van der Waals surface area contributed by atoms with Crippen molar-refractivity contribution in [1.82, 2.24) is 5.32 Å². The first-order valence-corrected chi connectivity index (χ1v) is 4.71. The summed E-state index contributed by atoms with van der Waals surface area (Å²) in [6.07, 6.45) is 2.35. The van der Waals surface area contributed by atoms with Gasteiger partial charge in [0, 0.05) is 13.7 Å². The summed E-state index contributed by atoms with van der Waals surface area (Å²) in [6.45, 7) is 5.87. The first-order valence-electron chi connectivity index (χ1n) is 4.71. The van der Waals surface area contributed by atoms with Crippen molar-refractivity contribution in [1.29, 1.82) is 0 Å². The van der Waals surface area contributed by atoms with Gasteiger partial charge in [-0.25, -0.2) is 0 Å². The Balaban J connectivity index is 3.02. The van der Waals surface area contributed by atoms with Crippen LogP contribution >= 0.6 is 0 Å². The van der Waals surface area contributed by atoms with Gasteiger partial charge in [-0.1, -0.05) is 6.92 Å². The number of rotatable bonds is 8. The lowest BCUT2D eigenvalue weighted by atomic mass is 10.1. The van der Waals surface area contributed by atoms with Crippen LogP contribution in [0.3, 0.4) is 0 Å². The quantitative estimate of drug-likeness (QED) is 0.530. The second-order valence-electron chi connectivity index (χ2n) is 3.23. The molecule has 0 fully saturated rings. The third-order valence-corrected chi connectivity index (χ3v) is 1.88. The molecule has 1 unspecified atom stereocenters. The number of nitrogens with one attached hydrogen (secondary N) is 1. The maximum absolute atomic E-state index is 5.41. The number of hydrogen-bond donors (Lipinski definition) is 2. The fourth-order valence-corrected chi connectivity index (χ4v) is 1.09. The molecule has 0 aromatic heterocycles. The molecule has 0 aromatic rings. The Morgan fingerprint density at radius 3 is 2.83 bits per heavy atom. The van der Waals surface area contributed by atoms with Crippen LogP contribution in [0, 0.1) is 5.92 Å². The summed E-state index contributed by atoms with van der Waals surface area (Å²) in [4.78, 5) is 0. The molecular weight excluding hydrogens is 152 g/mol. The van der Waals surface area contributed by atoms with Crippen LogP contribution in [-0.2, 0) is 4.74 Å². The van der Waals surface area contributed by atoms with E-state index < -0.39 is 0 Å². The van der Waals surface area contributed by atoms with Gasteiger partial charge in [-0.05, 0) is 31.8 Å². The van der Waals surface area contributed by atoms with Gasteiger partial charge < -0.3 is 15.8 Å². The first kappa shape index (κ1) is 11.9. The Morgan fingerprint density at radius 2 is 2.25 bits per heavy atom. The van der Waals surface area contributed by atoms with Crippen molar-refractivity contribution >= 4 is 0 Å². The monoisotopic (exact) mass is 174 g/mol. The molecule has 0 heterocycles. The second-order valence-corrected chi connectivity index (χ2v) is 3.23. The number of methoxy groups -OCH3 is 1. The van der Waals surface area contributed by atoms with Crippen LogP contribution in [-0.4, -0.2) is 33.4 Å². The minimum atomic E-state index is 0.727. The van der Waals surface area contributed by atoms with Crippen LogP contribution in [0.2, 0.25) is 0 Å². The standard InChI is InChI=1S/C9H22N2O/c1-9(4-3-5-10)8-11-6-7-12-2/h9,11H,3-8,10H2,1-2H3. The van der Waals surface area contributed by atoms with E-state index >= 15 is 0 Å². The number of nitrogens with two attached hydrogens (primary N) is 1. The predicted octanol–water partition coefficient (Wildman–Crippen LogP) is 0.597. The minimum absolute atomic E-state index is 0.727. The highest BCUT2D eigenvalue weighted by Gasteiger charge is 1.99. The molecule has 12 heavy (non-hydrogen) atoms. The molecule has 0 rings (SSSR count). The molecule has 0 aromatic carbocycles. The smallest absolute Gasteiger partial charge is 0.0587 e. The summed E-state index contributed by atoms with van der Waals surface area (Å²) in [5.74, 6) is 0.727. The van der Waals surface area contributed by atoms with Gasteiger partial charge in [0.25, 0.3) is 0 Å². The zero-order chi connectivity index (χ0) is 9.23. The van der Waals surface area contributed by atoms with E-state index in [1.807, 2.05) is 0 Å². The van der Waals surface area contributed by atoms with Crippen molar-refractivity contribution < 1.29 is 4.74 Å². The Bertz CT molecular complexity index is 88.6. The summed E-state index contributed by atoms with van der Waals surface area (Å²) in [6, 6.07) is 0. The molecule has 0 saturated heterocycles. The van der Waals surface area contributed by atoms with Crippen molar-refractivity contribution in [2.75, 3.05) is 33.4 Å². The molecule has 0 radical (unpaired) electrons. The van der Waals surface area contributed by atoms with E-state index in [4.69, 9.17) is 10.5 Å². The third kappa shape index (κ3) is 7.98. The Morgan fingerprint density at radius 1 is 1.50 bits per heavy atom. The van der Waals surface area contributed by atoms with Crippen LogP contribution in [0.25, 0.3) is 0 Å². The maximum Gasteiger partial charge on any atom is 0.0587 e. The van der Waals surface area contributed by atoms with Gasteiger partial charge in [-0.3, -0.25) is 0 Å². The summed E-state index contributed by atoms with van der Waals surface area (Å²) in [7, 11) is 1.72. The molecule has 0 aliphatic heterocycles. The van der Waals surface area contributed by atoms with E-state index in [2.05, 4.69) is 12.2 Å². The minimum Gasteiger partial charge on any atom is -0.383 e. The largest absolute Gasteiger partial charge is 0.383 e. The molecule has 0 bridgehead atoms. The average Bonchev–Trinajstić information content (AvgIpc) is 2.09. The average molecular weight is 174 g/mol. The van der Waals surface area contributed by atoms with Crippen molar-refractivity contribution in [3.8, 4) is 0 Å². The summed E-state index contributed by atoms with van der Waals surface area (Å²) in [5, 5.41) is 3.33. The van der Waals surface area contributed by atoms with Gasteiger partial charge in [0.05, 0.1) is 6.61 Å². The Kier molecular flexibility index (Phi) is 8.88. The molecular formula is C9H22N2O. The molecule has 74 valence electrons. The summed E-state index contributed by atoms with van der Waals surface area (Å²) < 4.78 is 4.92. The molecule has 3 nitrogen and oxygen atoms in total. The topological polar surface area (TPSA) is 47.3 Å². The fraction of sp³-hybridized carbons (Fsp3) is 1.00. The first-order chi connectivity index (χ1) is 5.81. The van der Waals surface area contributed by atoms with Crippen LogP contribution in [0.15, 0.2) is 0 Å². The van der Waals surface area contributed by atoms with Crippen molar-refractivity contribution in [3.63, 3.8) is 0 Å². The van der Waals surface area contributed by atoms with Gasteiger partial charge in [0.1, 0.15) is 0 Å². The highest BCUT2D eigenvalue weighted by atomic mass is 16.5. The normalized spacial score (nSPS) is 13.2. The number of ether oxygens (including phenoxy) is 1. The predicted molar refractivity (Wildman–Crippen MR) is 52.2 cm³/mol. The summed E-state index contributed by atoms with van der Waals surface area (Å²) >= 11 is 0. The SMILES string of the molecule is COCCNCC(C)CCCN. The van der Waals surface area contributed by atoms with Gasteiger partial charge >= 0.3 is 0 Å². The van der Waals surface area contributed by atoms with E-state index in [0.29, 0.717) is 0 Å². The van der Waals surface area contributed by atoms with Crippen LogP contribution in [0.4, 0.5) is 0 Å². The zero-order valence-electron chi connectivity index (χ0n) is 8.31. The Labute approximate surface area is 75.7 Å². The molecule has 0 aliphatic carbocycles. The van der Waals surface area contributed by atoms with Crippen molar-refractivity contribution in [2.45, 2.75) is 19.8 Å². The van der Waals surface area contributed by atoms with Gasteiger partial charge in [-0.2, -0.15) is 0 Å². The van der Waals surface area contributed by atoms with E-state index in [1.165, 1.54) is 6.42 Å². The second kappa shape index (κ2) is 8.97. The molecule has 0 amide bonds. The van der Waals surface area contributed by atoms with E-state index in [1.54, 1.807) is 7.11 Å². The van der Waals surface area contributed by atoms with Gasteiger partial charge in [0.15, 0.2) is 0 Å². The van der Waals surface area contributed by atoms with Gasteiger partial charge in [0.2, 0.25) is 0 Å². The lowest BCUT2D eigenvalue weighted by Crippen LogP contribution is -2.25. The lowest BCUT2D eigenvalue weighted by molar-refractivity contribution is 0.198. The lowest BCUT2D eigenvalue weighted by Gasteiger charge is -2.11. The maximum atomic E-state index is 5.41. The van der Waals surface area contributed by atoms with E-state index in [-0.39, 0.29) is 0 Å². The third-order valence-electron chi connectivity index (χ3n) is 1.88. The van der Waals surface area contributed by atoms with Gasteiger partial charge in [-0.15, -0.1) is 0 Å². The Hall–Kier alpha value is -0.120. The fourth-order valence-electron chi connectivity index (χ4n) is 1.09. The highest BCUT2D eigenvalue weighted by Crippen LogP contribution is 2.01. The van der Waals surface area contributed by atoms with Crippen molar-refractivity contribution in [3.05, 3.63) is 0 Å². The zero-order valence-corrected chi connectivity index (χ0v) is 8.31. The van der Waals surface area contributed by atoms with Crippen LogP contribution in [0.5, 0.6) is 0 Å². The summed E-state index contributed by atoms with van der Waals surface area (Å²) in [5.41, 5.74) is 5.41. The molecule has 0 spiro atoms.